The van der Waals surface area contributed by atoms with E-state index in [0.717, 1.165) is 0 Å². The number of ether oxygens (including phenoxy) is 1. The zero-order valence-electron chi connectivity index (χ0n) is 6.14. The number of alkyl halides is 6. The molecular weight excluding hydrogens is 228 g/mol. The fourth-order valence-electron chi connectivity index (χ4n) is 0.398. The van der Waals surface area contributed by atoms with Gasteiger partial charge < -0.3 is 4.74 Å². The van der Waals surface area contributed by atoms with E-state index in [-0.39, 0.29) is 0 Å². The maximum Gasteiger partial charge on any atom is 0.454 e. The molecule has 0 saturated heterocycles. The van der Waals surface area contributed by atoms with Crippen molar-refractivity contribution < 1.29 is 39.9 Å². The monoisotopic (exact) mass is 230 g/mol. The van der Waals surface area contributed by atoms with Crippen molar-refractivity contribution in [3.05, 3.63) is 11.8 Å². The van der Waals surface area contributed by atoms with Gasteiger partial charge in [0.1, 0.15) is 0 Å². The van der Waals surface area contributed by atoms with E-state index in [9.17, 15) is 35.1 Å². The van der Waals surface area contributed by atoms with Crippen LogP contribution in [-0.4, -0.2) is 19.0 Å². The van der Waals surface area contributed by atoms with E-state index in [2.05, 4.69) is 4.74 Å². The first kappa shape index (κ1) is 13.0. The lowest BCUT2D eigenvalue weighted by molar-refractivity contribution is -0.193. The molecule has 84 valence electrons. The summed E-state index contributed by atoms with van der Waals surface area (Å²) in [7, 11) is 0. The Bertz CT molecular complexity index is 219. The standard InChI is InChI=1S/C5H2F8O/c6-3(7)2(5(11,12)13)14-1-4(8,9)10/h1H2. The zero-order valence-corrected chi connectivity index (χ0v) is 6.14. The van der Waals surface area contributed by atoms with E-state index in [4.69, 9.17) is 0 Å². The van der Waals surface area contributed by atoms with E-state index >= 15 is 0 Å². The van der Waals surface area contributed by atoms with Crippen LogP contribution in [0.3, 0.4) is 0 Å². The Kier molecular flexibility index (Phi) is 3.72. The average molecular weight is 230 g/mol. The first-order valence-corrected chi connectivity index (χ1v) is 2.86. The molecule has 0 unspecified atom stereocenters. The minimum absolute atomic E-state index is 2.42. The van der Waals surface area contributed by atoms with E-state index in [1.807, 2.05) is 0 Å². The van der Waals surface area contributed by atoms with Crippen molar-refractivity contribution >= 4 is 0 Å². The predicted octanol–water partition coefficient (Wildman–Crippen LogP) is 3.24. The van der Waals surface area contributed by atoms with Gasteiger partial charge in [0.25, 0.3) is 5.76 Å². The van der Waals surface area contributed by atoms with Gasteiger partial charge in [0.2, 0.25) is 0 Å². The summed E-state index contributed by atoms with van der Waals surface area (Å²) in [6.45, 7) is -2.42. The smallest absolute Gasteiger partial charge is 0.454 e. The molecule has 0 aromatic rings. The average Bonchev–Trinajstić information content (AvgIpc) is 1.79. The molecule has 0 rings (SSSR count). The van der Waals surface area contributed by atoms with Gasteiger partial charge in [-0.15, -0.1) is 0 Å². The Labute approximate surface area is 71.9 Å². The van der Waals surface area contributed by atoms with Crippen LogP contribution in [-0.2, 0) is 4.74 Å². The summed E-state index contributed by atoms with van der Waals surface area (Å²) < 4.78 is 94.3. The van der Waals surface area contributed by atoms with Gasteiger partial charge in [-0.25, -0.2) is 0 Å². The van der Waals surface area contributed by atoms with Gasteiger partial charge in [0.05, 0.1) is 0 Å². The Morgan fingerprint density at radius 3 is 1.57 bits per heavy atom. The molecule has 0 fully saturated rings. The second-order valence-corrected chi connectivity index (χ2v) is 1.99. The van der Waals surface area contributed by atoms with Gasteiger partial charge in [-0.1, -0.05) is 0 Å². The van der Waals surface area contributed by atoms with E-state index in [1.54, 1.807) is 0 Å². The minimum atomic E-state index is -5.63. The van der Waals surface area contributed by atoms with Crippen molar-refractivity contribution in [2.45, 2.75) is 12.4 Å². The van der Waals surface area contributed by atoms with Gasteiger partial charge >= 0.3 is 18.4 Å². The third kappa shape index (κ3) is 4.87. The molecule has 0 atom stereocenters. The fourth-order valence-corrected chi connectivity index (χ4v) is 0.398. The summed E-state index contributed by atoms with van der Waals surface area (Å²) in [5.74, 6) is -2.92. The number of halogens is 8. The molecule has 0 aliphatic rings. The van der Waals surface area contributed by atoms with Gasteiger partial charge in [-0.2, -0.15) is 35.1 Å². The first-order chi connectivity index (χ1) is 6.04. The molecule has 9 heteroatoms. The topological polar surface area (TPSA) is 9.23 Å². The van der Waals surface area contributed by atoms with Crippen molar-refractivity contribution in [3.63, 3.8) is 0 Å². The van der Waals surface area contributed by atoms with Crippen LogP contribution in [0.15, 0.2) is 11.8 Å². The number of hydrogen-bond acceptors (Lipinski definition) is 1. The summed E-state index contributed by atoms with van der Waals surface area (Å²) in [5.41, 5.74) is 0. The lowest BCUT2D eigenvalue weighted by Gasteiger charge is -2.13. The Balaban J connectivity index is 4.53. The van der Waals surface area contributed by atoms with Gasteiger partial charge in [0.15, 0.2) is 6.61 Å². The normalized spacial score (nSPS) is 12.6. The summed E-state index contributed by atoms with van der Waals surface area (Å²) in [6.07, 6.45) is -14.1. The molecule has 0 aliphatic heterocycles. The van der Waals surface area contributed by atoms with Crippen LogP contribution in [0.25, 0.3) is 0 Å². The number of rotatable bonds is 2. The van der Waals surface area contributed by atoms with Crippen LogP contribution < -0.4 is 0 Å². The van der Waals surface area contributed by atoms with Crippen LogP contribution in [0.1, 0.15) is 0 Å². The number of hydrogen-bond donors (Lipinski definition) is 0. The van der Waals surface area contributed by atoms with Crippen molar-refractivity contribution in [3.8, 4) is 0 Å². The zero-order chi connectivity index (χ0) is 11.6. The van der Waals surface area contributed by atoms with Crippen molar-refractivity contribution in [1.29, 1.82) is 0 Å². The second kappa shape index (κ2) is 4.01. The molecule has 0 radical (unpaired) electrons. The highest BCUT2D eigenvalue weighted by Crippen LogP contribution is 2.31. The van der Waals surface area contributed by atoms with Crippen LogP contribution in [0.2, 0.25) is 0 Å². The van der Waals surface area contributed by atoms with Crippen molar-refractivity contribution in [2.75, 3.05) is 6.61 Å². The molecule has 0 amide bonds. The summed E-state index contributed by atoms with van der Waals surface area (Å²) in [4.78, 5) is 0. The van der Waals surface area contributed by atoms with Gasteiger partial charge in [0, 0.05) is 0 Å². The molecule has 0 N–H and O–H groups in total. The highest BCUT2D eigenvalue weighted by Gasteiger charge is 2.42. The molecule has 0 bridgehead atoms. The third-order valence-corrected chi connectivity index (χ3v) is 0.809. The van der Waals surface area contributed by atoms with Crippen LogP contribution >= 0.6 is 0 Å². The minimum Gasteiger partial charge on any atom is -0.476 e. The maximum atomic E-state index is 11.5. The van der Waals surface area contributed by atoms with Crippen molar-refractivity contribution in [2.24, 2.45) is 0 Å². The van der Waals surface area contributed by atoms with E-state index in [1.165, 1.54) is 0 Å². The molecule has 0 saturated carbocycles. The molecular formula is C5H2F8O. The SMILES string of the molecule is FC(F)=C(OCC(F)(F)F)C(F)(F)F. The van der Waals surface area contributed by atoms with Crippen molar-refractivity contribution in [1.82, 2.24) is 0 Å². The first-order valence-electron chi connectivity index (χ1n) is 2.86. The molecule has 1 nitrogen and oxygen atoms in total. The van der Waals surface area contributed by atoms with Crippen LogP contribution in [0, 0.1) is 0 Å². The van der Waals surface area contributed by atoms with Gasteiger partial charge in [-0.05, 0) is 0 Å². The lowest BCUT2D eigenvalue weighted by Crippen LogP contribution is -2.23. The lowest BCUT2D eigenvalue weighted by atomic mass is 10.5. The molecule has 0 heterocycles. The Morgan fingerprint density at radius 2 is 1.36 bits per heavy atom. The van der Waals surface area contributed by atoms with E-state index < -0.39 is 30.8 Å². The second-order valence-electron chi connectivity index (χ2n) is 1.99. The highest BCUT2D eigenvalue weighted by molar-refractivity contribution is 5.00. The summed E-state index contributed by atoms with van der Waals surface area (Å²) in [6, 6.07) is 0. The van der Waals surface area contributed by atoms with Gasteiger partial charge in [-0.3, -0.25) is 0 Å². The largest absolute Gasteiger partial charge is 0.476 e. The highest BCUT2D eigenvalue weighted by atomic mass is 19.4. The summed E-state index contributed by atoms with van der Waals surface area (Å²) in [5, 5.41) is 0. The third-order valence-electron chi connectivity index (χ3n) is 0.809. The number of allylic oxidation sites excluding steroid dienone is 1. The maximum absolute atomic E-state index is 11.5. The van der Waals surface area contributed by atoms with Crippen LogP contribution in [0.5, 0.6) is 0 Å². The molecule has 0 aromatic heterocycles. The molecule has 0 aromatic carbocycles. The Morgan fingerprint density at radius 1 is 0.929 bits per heavy atom. The summed E-state index contributed by atoms with van der Waals surface area (Å²) >= 11 is 0. The molecule has 0 aliphatic carbocycles. The predicted molar refractivity (Wildman–Crippen MR) is 27.3 cm³/mol. The molecule has 0 spiro atoms. The molecule has 14 heavy (non-hydrogen) atoms. The quantitative estimate of drug-likeness (QED) is 0.522. The van der Waals surface area contributed by atoms with Crippen LogP contribution in [0.4, 0.5) is 35.1 Å². The Hall–Kier alpha value is -1.02. The van der Waals surface area contributed by atoms with E-state index in [0.29, 0.717) is 0 Å². The fraction of sp³-hybridized carbons (Fsp3) is 0.600.